The Morgan fingerprint density at radius 1 is 1.40 bits per heavy atom. The molecule has 0 aliphatic heterocycles. The second kappa shape index (κ2) is 4.70. The number of carbonyl (C=O) groups is 1. The van der Waals surface area contributed by atoms with Gasteiger partial charge in [0.25, 0.3) is 0 Å². The lowest BCUT2D eigenvalue weighted by atomic mass is 9.89. The van der Waals surface area contributed by atoms with Crippen molar-refractivity contribution in [1.29, 1.82) is 0 Å². The number of aryl methyl sites for hydroxylation is 1. The minimum atomic E-state index is 0.117. The molecule has 82 valence electrons. The van der Waals surface area contributed by atoms with Crippen LogP contribution >= 0.6 is 11.5 Å². The van der Waals surface area contributed by atoms with Gasteiger partial charge in [0.05, 0.1) is 0 Å². The van der Waals surface area contributed by atoms with Crippen molar-refractivity contribution in [3.8, 4) is 0 Å². The normalized spacial score (nSPS) is 17.7. The first-order valence-corrected chi connectivity index (χ1v) is 6.14. The van der Waals surface area contributed by atoms with E-state index in [1.807, 2.05) is 6.92 Å². The number of anilines is 1. The van der Waals surface area contributed by atoms with Crippen LogP contribution in [0, 0.1) is 12.8 Å². The Balaban J connectivity index is 1.91. The molecule has 1 aliphatic rings. The monoisotopic (exact) mass is 225 g/mol. The van der Waals surface area contributed by atoms with Crippen molar-refractivity contribution in [1.82, 2.24) is 9.36 Å². The maximum atomic E-state index is 11.8. The number of aromatic nitrogens is 2. The Morgan fingerprint density at radius 2 is 2.13 bits per heavy atom. The van der Waals surface area contributed by atoms with Crippen molar-refractivity contribution in [2.45, 2.75) is 39.0 Å². The number of hydrogen-bond acceptors (Lipinski definition) is 4. The summed E-state index contributed by atoms with van der Waals surface area (Å²) in [6, 6.07) is 0. The molecular weight excluding hydrogens is 210 g/mol. The van der Waals surface area contributed by atoms with Gasteiger partial charge in [-0.05, 0) is 19.8 Å². The maximum Gasteiger partial charge on any atom is 0.229 e. The third-order valence-corrected chi connectivity index (χ3v) is 3.46. The summed E-state index contributed by atoms with van der Waals surface area (Å²) in [4.78, 5) is 15.9. The van der Waals surface area contributed by atoms with E-state index in [4.69, 9.17) is 0 Å². The molecule has 0 unspecified atom stereocenters. The van der Waals surface area contributed by atoms with E-state index in [2.05, 4.69) is 14.7 Å². The minimum absolute atomic E-state index is 0.117. The Kier molecular flexibility index (Phi) is 3.30. The van der Waals surface area contributed by atoms with Crippen molar-refractivity contribution in [2.75, 3.05) is 5.32 Å². The maximum absolute atomic E-state index is 11.8. The molecule has 4 nitrogen and oxygen atoms in total. The molecule has 0 bridgehead atoms. The Hall–Kier alpha value is -0.970. The van der Waals surface area contributed by atoms with Crippen molar-refractivity contribution < 1.29 is 4.79 Å². The van der Waals surface area contributed by atoms with E-state index in [0.717, 1.165) is 18.7 Å². The average Bonchev–Trinajstić information content (AvgIpc) is 2.65. The highest BCUT2D eigenvalue weighted by molar-refractivity contribution is 7.09. The molecule has 15 heavy (non-hydrogen) atoms. The van der Waals surface area contributed by atoms with Gasteiger partial charge >= 0.3 is 0 Å². The molecule has 1 aromatic rings. The van der Waals surface area contributed by atoms with Crippen LogP contribution in [0.15, 0.2) is 0 Å². The zero-order valence-corrected chi connectivity index (χ0v) is 9.64. The van der Waals surface area contributed by atoms with Gasteiger partial charge in [0.15, 0.2) is 0 Å². The van der Waals surface area contributed by atoms with E-state index >= 15 is 0 Å². The molecule has 0 spiro atoms. The van der Waals surface area contributed by atoms with Gasteiger partial charge in [-0.3, -0.25) is 4.79 Å². The molecule has 5 heteroatoms. The van der Waals surface area contributed by atoms with E-state index in [-0.39, 0.29) is 11.8 Å². The molecule has 1 N–H and O–H groups in total. The van der Waals surface area contributed by atoms with Gasteiger partial charge in [-0.15, -0.1) is 0 Å². The van der Waals surface area contributed by atoms with Crippen molar-refractivity contribution in [2.24, 2.45) is 5.92 Å². The molecule has 1 fully saturated rings. The number of carbonyl (C=O) groups excluding carboxylic acids is 1. The molecule has 1 amide bonds. The third kappa shape index (κ3) is 2.75. The summed E-state index contributed by atoms with van der Waals surface area (Å²) in [6.45, 7) is 1.83. The first-order valence-electron chi connectivity index (χ1n) is 5.37. The zero-order chi connectivity index (χ0) is 10.7. The predicted octanol–water partition coefficient (Wildman–Crippen LogP) is 2.37. The number of nitrogens with one attached hydrogen (secondary N) is 1. The van der Waals surface area contributed by atoms with Crippen molar-refractivity contribution in [3.05, 3.63) is 5.82 Å². The lowest BCUT2D eigenvalue weighted by Gasteiger charge is -2.19. The summed E-state index contributed by atoms with van der Waals surface area (Å²) in [6.07, 6.45) is 5.65. The lowest BCUT2D eigenvalue weighted by Crippen LogP contribution is -2.24. The highest BCUT2D eigenvalue weighted by Crippen LogP contribution is 2.25. The predicted molar refractivity (Wildman–Crippen MR) is 59.9 cm³/mol. The average molecular weight is 225 g/mol. The van der Waals surface area contributed by atoms with E-state index in [9.17, 15) is 4.79 Å². The van der Waals surface area contributed by atoms with Gasteiger partial charge in [-0.1, -0.05) is 19.3 Å². The summed E-state index contributed by atoms with van der Waals surface area (Å²) >= 11 is 1.25. The molecule has 2 rings (SSSR count). The number of hydrogen-bond donors (Lipinski definition) is 1. The molecular formula is C10H15N3OS. The molecule has 1 saturated carbocycles. The smallest absolute Gasteiger partial charge is 0.229 e. The van der Waals surface area contributed by atoms with Crippen LogP contribution in [0.3, 0.4) is 0 Å². The topological polar surface area (TPSA) is 54.9 Å². The number of rotatable bonds is 2. The standard InChI is InChI=1S/C10H15N3OS/c1-7-11-10(15-13-7)12-9(14)8-5-3-2-4-6-8/h8H,2-6H2,1H3,(H,11,12,13,14). The molecule has 0 atom stereocenters. The molecule has 0 radical (unpaired) electrons. The van der Waals surface area contributed by atoms with E-state index in [0.29, 0.717) is 5.13 Å². The van der Waals surface area contributed by atoms with Gasteiger partial charge in [-0.25, -0.2) is 4.98 Å². The van der Waals surface area contributed by atoms with E-state index in [1.54, 1.807) is 0 Å². The Labute approximate surface area is 93.3 Å². The fraction of sp³-hybridized carbons (Fsp3) is 0.700. The first-order chi connectivity index (χ1) is 7.25. The molecule has 1 aliphatic carbocycles. The van der Waals surface area contributed by atoms with Crippen LogP contribution in [0.4, 0.5) is 5.13 Å². The minimum Gasteiger partial charge on any atom is -0.300 e. The second-order valence-corrected chi connectivity index (χ2v) is 4.72. The van der Waals surface area contributed by atoms with Crippen LogP contribution in [0.5, 0.6) is 0 Å². The molecule has 0 aromatic carbocycles. The summed E-state index contributed by atoms with van der Waals surface area (Å²) < 4.78 is 4.03. The van der Waals surface area contributed by atoms with Gasteiger partial charge in [0.2, 0.25) is 11.0 Å². The fourth-order valence-corrected chi connectivity index (χ4v) is 2.50. The highest BCUT2D eigenvalue weighted by Gasteiger charge is 2.21. The van der Waals surface area contributed by atoms with Crippen LogP contribution < -0.4 is 5.32 Å². The number of amides is 1. The summed E-state index contributed by atoms with van der Waals surface area (Å²) in [5.74, 6) is 1.02. The van der Waals surface area contributed by atoms with Crippen molar-refractivity contribution >= 4 is 22.6 Å². The molecule has 1 heterocycles. The van der Waals surface area contributed by atoms with E-state index in [1.165, 1.54) is 30.8 Å². The van der Waals surface area contributed by atoms with Crippen LogP contribution in [0.2, 0.25) is 0 Å². The lowest BCUT2D eigenvalue weighted by molar-refractivity contribution is -0.120. The number of nitrogens with zero attached hydrogens (tertiary/aromatic N) is 2. The van der Waals surface area contributed by atoms with E-state index < -0.39 is 0 Å². The highest BCUT2D eigenvalue weighted by atomic mass is 32.1. The zero-order valence-electron chi connectivity index (χ0n) is 8.82. The van der Waals surface area contributed by atoms with Gasteiger partial charge in [0, 0.05) is 17.5 Å². The van der Waals surface area contributed by atoms with Crippen LogP contribution in [-0.4, -0.2) is 15.3 Å². The molecule has 0 saturated heterocycles. The van der Waals surface area contributed by atoms with Crippen molar-refractivity contribution in [3.63, 3.8) is 0 Å². The SMILES string of the molecule is Cc1nsc(NC(=O)C2CCCCC2)n1. The summed E-state index contributed by atoms with van der Waals surface area (Å²) in [5.41, 5.74) is 0. The summed E-state index contributed by atoms with van der Waals surface area (Å²) in [7, 11) is 0. The quantitative estimate of drug-likeness (QED) is 0.840. The second-order valence-electron chi connectivity index (χ2n) is 3.97. The van der Waals surface area contributed by atoms with Crippen LogP contribution in [0.25, 0.3) is 0 Å². The van der Waals surface area contributed by atoms with Gasteiger partial charge < -0.3 is 5.32 Å². The third-order valence-electron chi connectivity index (χ3n) is 2.73. The van der Waals surface area contributed by atoms with Gasteiger partial charge in [0.1, 0.15) is 5.82 Å². The summed E-state index contributed by atoms with van der Waals surface area (Å²) in [5, 5.41) is 3.47. The van der Waals surface area contributed by atoms with Crippen LogP contribution in [0.1, 0.15) is 37.9 Å². The van der Waals surface area contributed by atoms with Gasteiger partial charge in [-0.2, -0.15) is 4.37 Å². The largest absolute Gasteiger partial charge is 0.300 e. The fourth-order valence-electron chi connectivity index (χ4n) is 1.92. The Morgan fingerprint density at radius 3 is 2.73 bits per heavy atom. The molecule has 1 aromatic heterocycles. The van der Waals surface area contributed by atoms with Crippen LogP contribution in [-0.2, 0) is 4.79 Å². The Bertz CT molecular complexity index is 344. The first kappa shape index (κ1) is 10.5.